The van der Waals surface area contributed by atoms with Gasteiger partial charge in [0.05, 0.1) is 27.6 Å². The Kier molecular flexibility index (Phi) is 5.11. The molecule has 3 aromatic heterocycles. The highest BCUT2D eigenvalue weighted by Crippen LogP contribution is 2.40. The van der Waals surface area contributed by atoms with E-state index in [0.717, 1.165) is 24.2 Å². The molecule has 0 N–H and O–H groups in total. The summed E-state index contributed by atoms with van der Waals surface area (Å²) in [5.74, 6) is 0. The van der Waals surface area contributed by atoms with Crippen molar-refractivity contribution < 1.29 is 0 Å². The third kappa shape index (κ3) is 3.46. The normalized spacial score (nSPS) is 13.6. The summed E-state index contributed by atoms with van der Waals surface area (Å²) < 4.78 is 7.13. The van der Waals surface area contributed by atoms with Crippen LogP contribution in [0.3, 0.4) is 0 Å². The molecule has 3 nitrogen and oxygen atoms in total. The predicted octanol–water partition coefficient (Wildman–Crippen LogP) is 11.2. The lowest BCUT2D eigenvalue weighted by Gasteiger charge is -2.12. The summed E-state index contributed by atoms with van der Waals surface area (Å²) in [6.45, 7) is 0. The molecule has 1 aliphatic carbocycles. The van der Waals surface area contributed by atoms with Gasteiger partial charge < -0.3 is 13.7 Å². The molecule has 0 aliphatic heterocycles. The van der Waals surface area contributed by atoms with Crippen molar-refractivity contribution in [2.75, 3.05) is 0 Å². The summed E-state index contributed by atoms with van der Waals surface area (Å²) >= 11 is 0. The van der Waals surface area contributed by atoms with Crippen LogP contribution in [0.2, 0.25) is 0 Å². The second kappa shape index (κ2) is 9.35. The predicted molar refractivity (Wildman–Crippen MR) is 191 cm³/mol. The average Bonchev–Trinajstić information content (AvgIpc) is 3.79. The van der Waals surface area contributed by atoms with Gasteiger partial charge in [-0.25, -0.2) is 0 Å². The number of hydrogen-bond acceptors (Lipinski definition) is 0. The minimum absolute atomic E-state index is 1.10. The summed E-state index contributed by atoms with van der Waals surface area (Å²) in [5, 5.41) is 9.03. The van der Waals surface area contributed by atoms with Gasteiger partial charge >= 0.3 is 0 Å². The molecule has 0 saturated heterocycles. The second-order valence-corrected chi connectivity index (χ2v) is 12.1. The van der Waals surface area contributed by atoms with Crippen molar-refractivity contribution >= 4 is 71.0 Å². The van der Waals surface area contributed by atoms with Gasteiger partial charge in [0.15, 0.2) is 0 Å². The number of allylic oxidation sites excluding steroid dienone is 4. The number of para-hydroxylation sites is 3. The zero-order valence-corrected chi connectivity index (χ0v) is 24.7. The first-order valence-corrected chi connectivity index (χ1v) is 15.8. The van der Waals surface area contributed by atoms with E-state index >= 15 is 0 Å². The number of fused-ring (bicyclic) bond motifs is 10. The van der Waals surface area contributed by atoms with Gasteiger partial charge in [-0.2, -0.15) is 0 Å². The van der Waals surface area contributed by atoms with Crippen LogP contribution in [0.5, 0.6) is 0 Å². The molecular weight excluding hydrogens is 546 g/mol. The molecule has 0 amide bonds. The molecule has 0 saturated carbocycles. The van der Waals surface area contributed by atoms with Gasteiger partial charge in [0, 0.05) is 50.2 Å². The van der Waals surface area contributed by atoms with Crippen LogP contribution in [-0.4, -0.2) is 13.7 Å². The topological polar surface area (TPSA) is 14.8 Å². The van der Waals surface area contributed by atoms with E-state index < -0.39 is 0 Å². The van der Waals surface area contributed by atoms with Gasteiger partial charge in [-0.1, -0.05) is 78.9 Å². The third-order valence-electron chi connectivity index (χ3n) is 9.70. The SMILES string of the molecule is C1=CC(n2ccc3c4ccc5c(c4ccc32)c2ccccc2n5-c2ccc(-n3c4ccccc4c4ccccc43)cc2)=CCC1. The Morgan fingerprint density at radius 2 is 0.956 bits per heavy atom. The molecule has 3 heteroatoms. The Morgan fingerprint density at radius 1 is 0.400 bits per heavy atom. The minimum atomic E-state index is 1.10. The van der Waals surface area contributed by atoms with E-state index in [-0.39, 0.29) is 0 Å². The Hall–Kier alpha value is -5.80. The molecule has 0 bridgehead atoms. The van der Waals surface area contributed by atoms with Gasteiger partial charge in [0.2, 0.25) is 0 Å². The summed E-state index contributed by atoms with van der Waals surface area (Å²) in [5.41, 5.74) is 9.74. The van der Waals surface area contributed by atoms with Crippen LogP contribution in [0.1, 0.15) is 12.8 Å². The van der Waals surface area contributed by atoms with E-state index in [4.69, 9.17) is 0 Å². The summed E-state index contributed by atoms with van der Waals surface area (Å²) in [6.07, 6.45) is 11.3. The zero-order chi connectivity index (χ0) is 29.5. The first-order chi connectivity index (χ1) is 22.3. The lowest BCUT2D eigenvalue weighted by atomic mass is 10.0. The number of rotatable bonds is 3. The van der Waals surface area contributed by atoms with E-state index in [1.165, 1.54) is 71.0 Å². The van der Waals surface area contributed by atoms with Crippen LogP contribution in [-0.2, 0) is 0 Å². The van der Waals surface area contributed by atoms with E-state index in [9.17, 15) is 0 Å². The maximum atomic E-state index is 2.42. The highest BCUT2D eigenvalue weighted by atomic mass is 15.0. The number of benzene rings is 6. The van der Waals surface area contributed by atoms with Crippen LogP contribution in [0, 0.1) is 0 Å². The third-order valence-corrected chi connectivity index (χ3v) is 9.70. The second-order valence-electron chi connectivity index (χ2n) is 12.1. The smallest absolute Gasteiger partial charge is 0.0547 e. The van der Waals surface area contributed by atoms with Gasteiger partial charge in [0.25, 0.3) is 0 Å². The lowest BCUT2D eigenvalue weighted by molar-refractivity contribution is 1.01. The first-order valence-electron chi connectivity index (χ1n) is 15.8. The Balaban J connectivity index is 1.17. The standard InChI is InChI=1S/C42H29N3/c1-2-10-28(11-3-1)43-27-26-34-31-22-25-41-42(35(31)23-24-37(34)43)36-14-6-9-17-40(36)45(41)30-20-18-29(19-21-30)44-38-15-7-4-12-32(38)33-13-5-8-16-39(33)44/h2,4-27H,1,3H2. The van der Waals surface area contributed by atoms with Gasteiger partial charge in [-0.05, 0) is 90.4 Å². The first kappa shape index (κ1) is 24.6. The van der Waals surface area contributed by atoms with E-state index in [1.54, 1.807) is 0 Å². The van der Waals surface area contributed by atoms with Crippen molar-refractivity contribution in [3.63, 3.8) is 0 Å². The fraction of sp³-hybridized carbons (Fsp3) is 0.0476. The van der Waals surface area contributed by atoms with E-state index in [0.29, 0.717) is 0 Å². The molecule has 6 aromatic carbocycles. The quantitative estimate of drug-likeness (QED) is 0.199. The molecule has 0 atom stereocenters. The van der Waals surface area contributed by atoms with Crippen LogP contribution in [0.25, 0.3) is 82.4 Å². The molecule has 9 aromatic rings. The Labute approximate surface area is 260 Å². The van der Waals surface area contributed by atoms with Crippen molar-refractivity contribution in [3.05, 3.63) is 152 Å². The molecule has 10 rings (SSSR count). The molecule has 3 heterocycles. The molecule has 212 valence electrons. The molecule has 0 unspecified atom stereocenters. The number of nitrogens with zero attached hydrogens (tertiary/aromatic N) is 3. The molecule has 0 spiro atoms. The highest BCUT2D eigenvalue weighted by molar-refractivity contribution is 6.25. The molecule has 0 fully saturated rings. The van der Waals surface area contributed by atoms with Crippen LogP contribution in [0.4, 0.5) is 0 Å². The zero-order valence-electron chi connectivity index (χ0n) is 24.7. The number of hydrogen-bond donors (Lipinski definition) is 0. The summed E-state index contributed by atoms with van der Waals surface area (Å²) in [7, 11) is 0. The molecule has 0 radical (unpaired) electrons. The van der Waals surface area contributed by atoms with Gasteiger partial charge in [-0.15, -0.1) is 0 Å². The fourth-order valence-electron chi connectivity index (χ4n) is 7.73. The van der Waals surface area contributed by atoms with Crippen molar-refractivity contribution in [1.82, 2.24) is 13.7 Å². The average molecular weight is 576 g/mol. The number of aromatic nitrogens is 3. The Bertz CT molecular complexity index is 2640. The van der Waals surface area contributed by atoms with Crippen molar-refractivity contribution in [3.8, 4) is 11.4 Å². The van der Waals surface area contributed by atoms with Gasteiger partial charge in [-0.3, -0.25) is 0 Å². The molecular formula is C42H29N3. The monoisotopic (exact) mass is 575 g/mol. The van der Waals surface area contributed by atoms with Crippen LogP contribution < -0.4 is 0 Å². The van der Waals surface area contributed by atoms with Crippen molar-refractivity contribution in [2.45, 2.75) is 12.8 Å². The van der Waals surface area contributed by atoms with Gasteiger partial charge in [0.1, 0.15) is 0 Å². The maximum Gasteiger partial charge on any atom is 0.0547 e. The van der Waals surface area contributed by atoms with Crippen LogP contribution in [0.15, 0.2) is 152 Å². The van der Waals surface area contributed by atoms with Crippen molar-refractivity contribution in [1.29, 1.82) is 0 Å². The highest BCUT2D eigenvalue weighted by Gasteiger charge is 2.18. The summed E-state index contributed by atoms with van der Waals surface area (Å²) in [4.78, 5) is 0. The van der Waals surface area contributed by atoms with E-state index in [2.05, 4.69) is 166 Å². The maximum absolute atomic E-state index is 2.42. The van der Waals surface area contributed by atoms with Crippen LogP contribution >= 0.6 is 0 Å². The fourth-order valence-corrected chi connectivity index (χ4v) is 7.73. The lowest BCUT2D eigenvalue weighted by Crippen LogP contribution is -1.97. The Morgan fingerprint density at radius 3 is 1.62 bits per heavy atom. The van der Waals surface area contributed by atoms with Crippen molar-refractivity contribution in [2.24, 2.45) is 0 Å². The molecule has 45 heavy (non-hydrogen) atoms. The largest absolute Gasteiger partial charge is 0.317 e. The van der Waals surface area contributed by atoms with E-state index in [1.807, 2.05) is 0 Å². The molecule has 1 aliphatic rings. The summed E-state index contributed by atoms with van der Waals surface area (Å²) in [6, 6.07) is 46.8. The minimum Gasteiger partial charge on any atom is -0.317 e.